The van der Waals surface area contributed by atoms with Crippen LogP contribution < -0.4 is 24.8 Å². The van der Waals surface area contributed by atoms with E-state index in [0.29, 0.717) is 57.9 Å². The Bertz CT molecular complexity index is 1450. The zero-order valence-corrected chi connectivity index (χ0v) is 23.1. The van der Waals surface area contributed by atoms with Gasteiger partial charge in [-0.2, -0.15) is 0 Å². The molecule has 1 aromatic heterocycles. The highest BCUT2D eigenvalue weighted by Gasteiger charge is 2.15. The highest BCUT2D eigenvalue weighted by Crippen LogP contribution is 2.37. The number of methoxy groups -OCH3 is 1. The second kappa shape index (κ2) is 13.3. The minimum Gasteiger partial charge on any atom is -0.493 e. The van der Waals surface area contributed by atoms with Gasteiger partial charge in [0.05, 0.1) is 35.3 Å². The third-order valence-corrected chi connectivity index (χ3v) is 6.97. The van der Waals surface area contributed by atoms with Gasteiger partial charge in [0.25, 0.3) is 0 Å². The number of carbonyl (C=O) groups excluding carboxylic acids is 1. The molecule has 1 aliphatic heterocycles. The standard InChI is InChI=1S/C30H32ClN5O4/c1-38-27-17-23-26(18-28(27)39-15-7-14-36-12-5-6-13-36)33-20-34-29(23)40-22-10-11-25(24(31)16-22)35-30(37)32-19-21-8-3-2-4-9-21/h2-4,8-11,16-18,20H,5-7,12-15,19H2,1H3,(H2,32,35,37). The summed E-state index contributed by atoms with van der Waals surface area (Å²) in [5, 5.41) is 6.57. The number of carbonyl (C=O) groups is 1. The first-order valence-corrected chi connectivity index (χ1v) is 13.7. The van der Waals surface area contributed by atoms with Crippen LogP contribution in [0.15, 0.2) is 67.0 Å². The maximum Gasteiger partial charge on any atom is 0.319 e. The smallest absolute Gasteiger partial charge is 0.319 e. The van der Waals surface area contributed by atoms with Gasteiger partial charge < -0.3 is 29.7 Å². The van der Waals surface area contributed by atoms with Crippen LogP contribution in [-0.2, 0) is 6.54 Å². The van der Waals surface area contributed by atoms with E-state index in [4.69, 9.17) is 25.8 Å². The normalized spacial score (nSPS) is 13.2. The van der Waals surface area contributed by atoms with Gasteiger partial charge in [-0.15, -0.1) is 0 Å². The number of nitrogens with one attached hydrogen (secondary N) is 2. The van der Waals surface area contributed by atoms with Gasteiger partial charge in [0.1, 0.15) is 12.1 Å². The van der Waals surface area contributed by atoms with E-state index >= 15 is 0 Å². The summed E-state index contributed by atoms with van der Waals surface area (Å²) in [7, 11) is 1.60. The lowest BCUT2D eigenvalue weighted by atomic mass is 10.2. The molecule has 0 aliphatic carbocycles. The second-order valence-corrected chi connectivity index (χ2v) is 9.89. The van der Waals surface area contributed by atoms with E-state index in [-0.39, 0.29) is 6.03 Å². The Labute approximate surface area is 238 Å². The highest BCUT2D eigenvalue weighted by atomic mass is 35.5. The zero-order valence-electron chi connectivity index (χ0n) is 22.4. The molecule has 1 fully saturated rings. The fourth-order valence-corrected chi connectivity index (χ4v) is 4.81. The van der Waals surface area contributed by atoms with Crippen molar-refractivity contribution in [3.8, 4) is 23.1 Å². The minimum absolute atomic E-state index is 0.327. The molecule has 0 bridgehead atoms. The fourth-order valence-electron chi connectivity index (χ4n) is 4.59. The Kier molecular flexibility index (Phi) is 9.15. The Hall–Kier alpha value is -4.08. The molecule has 0 atom stereocenters. The first-order chi connectivity index (χ1) is 19.6. The zero-order chi connectivity index (χ0) is 27.7. The van der Waals surface area contributed by atoms with Gasteiger partial charge in [-0.25, -0.2) is 14.8 Å². The molecule has 0 saturated carbocycles. The fraction of sp³-hybridized carbons (Fsp3) is 0.300. The average Bonchev–Trinajstić information content (AvgIpc) is 3.50. The predicted octanol–water partition coefficient (Wildman–Crippen LogP) is 6.27. The van der Waals surface area contributed by atoms with E-state index in [2.05, 4.69) is 25.5 Å². The Morgan fingerprint density at radius 3 is 2.62 bits per heavy atom. The lowest BCUT2D eigenvalue weighted by Gasteiger charge is -2.16. The molecule has 3 aromatic carbocycles. The highest BCUT2D eigenvalue weighted by molar-refractivity contribution is 6.33. The van der Waals surface area contributed by atoms with Crippen molar-refractivity contribution in [2.24, 2.45) is 0 Å². The SMILES string of the molecule is COc1cc2c(Oc3ccc(NC(=O)NCc4ccccc4)c(Cl)c3)ncnc2cc1OCCCN1CCCC1. The van der Waals surface area contributed by atoms with Crippen LogP contribution in [-0.4, -0.2) is 54.2 Å². The summed E-state index contributed by atoms with van der Waals surface area (Å²) in [6, 6.07) is 18.0. The molecule has 208 valence electrons. The first kappa shape index (κ1) is 27.5. The summed E-state index contributed by atoms with van der Waals surface area (Å²) in [5.41, 5.74) is 2.12. The van der Waals surface area contributed by atoms with Crippen LogP contribution in [0.2, 0.25) is 5.02 Å². The Morgan fingerprint density at radius 2 is 1.85 bits per heavy atom. The summed E-state index contributed by atoms with van der Waals surface area (Å²) in [4.78, 5) is 23.5. The number of aromatic nitrogens is 2. The van der Waals surface area contributed by atoms with E-state index in [1.807, 2.05) is 42.5 Å². The van der Waals surface area contributed by atoms with Crippen LogP contribution in [0, 0.1) is 0 Å². The quantitative estimate of drug-likeness (QED) is 0.208. The van der Waals surface area contributed by atoms with Gasteiger partial charge in [0.15, 0.2) is 11.5 Å². The number of anilines is 1. The van der Waals surface area contributed by atoms with Crippen LogP contribution in [0.1, 0.15) is 24.8 Å². The molecule has 1 aliphatic rings. The van der Waals surface area contributed by atoms with E-state index in [1.54, 1.807) is 25.3 Å². The number of fused-ring (bicyclic) bond motifs is 1. The monoisotopic (exact) mass is 561 g/mol. The van der Waals surface area contributed by atoms with Crippen LogP contribution in [0.3, 0.4) is 0 Å². The lowest BCUT2D eigenvalue weighted by Crippen LogP contribution is -2.28. The van der Waals surface area contributed by atoms with Crippen LogP contribution >= 0.6 is 11.6 Å². The summed E-state index contributed by atoms with van der Waals surface area (Å²) >= 11 is 6.45. The number of halogens is 1. The number of hydrogen-bond donors (Lipinski definition) is 2. The third kappa shape index (κ3) is 7.11. The second-order valence-electron chi connectivity index (χ2n) is 9.49. The molecule has 2 amide bonds. The molecule has 40 heavy (non-hydrogen) atoms. The Morgan fingerprint density at radius 1 is 1.02 bits per heavy atom. The topological polar surface area (TPSA) is 97.8 Å². The molecule has 2 heterocycles. The number of amides is 2. The van der Waals surface area contributed by atoms with Crippen LogP contribution in [0.5, 0.6) is 23.1 Å². The molecular formula is C30H32ClN5O4. The number of hydrogen-bond acceptors (Lipinski definition) is 7. The van der Waals surface area contributed by atoms with Gasteiger partial charge in [-0.1, -0.05) is 41.9 Å². The number of nitrogens with zero attached hydrogens (tertiary/aromatic N) is 3. The number of likely N-dealkylation sites (tertiary alicyclic amines) is 1. The maximum atomic E-state index is 12.3. The van der Waals surface area contributed by atoms with E-state index in [9.17, 15) is 4.79 Å². The van der Waals surface area contributed by atoms with Crippen molar-refractivity contribution < 1.29 is 19.0 Å². The van der Waals surface area contributed by atoms with E-state index < -0.39 is 0 Å². The first-order valence-electron chi connectivity index (χ1n) is 13.3. The van der Waals surface area contributed by atoms with Gasteiger partial charge in [-0.3, -0.25) is 0 Å². The molecule has 0 unspecified atom stereocenters. The predicted molar refractivity (Wildman–Crippen MR) is 156 cm³/mol. The molecule has 1 saturated heterocycles. The number of benzene rings is 3. The molecule has 0 radical (unpaired) electrons. The van der Waals surface area contributed by atoms with Crippen molar-refractivity contribution in [2.45, 2.75) is 25.8 Å². The molecular weight excluding hydrogens is 530 g/mol. The number of urea groups is 1. The minimum atomic E-state index is -0.359. The Balaban J connectivity index is 1.23. The van der Waals surface area contributed by atoms with E-state index in [1.165, 1.54) is 32.3 Å². The van der Waals surface area contributed by atoms with Crippen molar-refractivity contribution in [3.63, 3.8) is 0 Å². The summed E-state index contributed by atoms with van der Waals surface area (Å²) in [5.74, 6) is 2.01. The lowest BCUT2D eigenvalue weighted by molar-refractivity contribution is 0.251. The van der Waals surface area contributed by atoms with Crippen LogP contribution in [0.4, 0.5) is 10.5 Å². The molecule has 4 aromatic rings. The average molecular weight is 562 g/mol. The van der Waals surface area contributed by atoms with Crippen molar-refractivity contribution >= 4 is 34.2 Å². The van der Waals surface area contributed by atoms with Crippen molar-refractivity contribution in [3.05, 3.63) is 77.6 Å². The van der Waals surface area contributed by atoms with Crippen LogP contribution in [0.25, 0.3) is 10.9 Å². The molecule has 10 heteroatoms. The maximum absolute atomic E-state index is 12.3. The van der Waals surface area contributed by atoms with Crippen molar-refractivity contribution in [1.82, 2.24) is 20.2 Å². The molecule has 2 N–H and O–H groups in total. The molecule has 9 nitrogen and oxygen atoms in total. The summed E-state index contributed by atoms with van der Waals surface area (Å²) in [6.07, 6.45) is 4.95. The van der Waals surface area contributed by atoms with Gasteiger partial charge >= 0.3 is 6.03 Å². The van der Waals surface area contributed by atoms with E-state index in [0.717, 1.165) is 18.5 Å². The number of ether oxygens (including phenoxy) is 3. The summed E-state index contributed by atoms with van der Waals surface area (Å²) < 4.78 is 17.7. The molecule has 0 spiro atoms. The molecule has 5 rings (SSSR count). The van der Waals surface area contributed by atoms with Gasteiger partial charge in [0.2, 0.25) is 5.88 Å². The van der Waals surface area contributed by atoms with Crippen molar-refractivity contribution in [2.75, 3.05) is 38.7 Å². The van der Waals surface area contributed by atoms with Gasteiger partial charge in [-0.05, 0) is 56.1 Å². The largest absolute Gasteiger partial charge is 0.493 e. The van der Waals surface area contributed by atoms with Crippen molar-refractivity contribution in [1.29, 1.82) is 0 Å². The summed E-state index contributed by atoms with van der Waals surface area (Å²) in [6.45, 7) is 4.38. The number of rotatable bonds is 11. The van der Waals surface area contributed by atoms with Gasteiger partial charge in [0, 0.05) is 25.2 Å². The third-order valence-electron chi connectivity index (χ3n) is 6.66.